The molecule has 9 nitrogen and oxygen atoms in total. The average Bonchev–Trinajstić information content (AvgIpc) is 2.46. The summed E-state index contributed by atoms with van der Waals surface area (Å²) in [4.78, 5) is 22.2. The fourth-order valence-corrected chi connectivity index (χ4v) is 1.58. The van der Waals surface area contributed by atoms with Gasteiger partial charge in [0.15, 0.2) is 0 Å². The number of hydrogen-bond acceptors (Lipinski definition) is 8. The zero-order valence-electron chi connectivity index (χ0n) is 10.7. The van der Waals surface area contributed by atoms with Gasteiger partial charge in [0.05, 0.1) is 17.2 Å². The van der Waals surface area contributed by atoms with Crippen molar-refractivity contribution in [2.45, 2.75) is 13.5 Å². The molecule has 0 aliphatic rings. The van der Waals surface area contributed by atoms with Crippen molar-refractivity contribution < 1.29 is 4.92 Å². The highest BCUT2D eigenvalue weighted by Gasteiger charge is 2.17. The fourth-order valence-electron chi connectivity index (χ4n) is 1.58. The van der Waals surface area contributed by atoms with Gasteiger partial charge in [-0.2, -0.15) is 4.98 Å². The quantitative estimate of drug-likeness (QED) is 0.418. The molecule has 0 aromatic carbocycles. The molecular formula is C11H13N7O2. The molecule has 104 valence electrons. The van der Waals surface area contributed by atoms with Crippen LogP contribution >= 0.6 is 0 Å². The summed E-state index contributed by atoms with van der Waals surface area (Å²) in [6, 6.07) is 3.73. The van der Waals surface area contributed by atoms with Crippen LogP contribution < -0.4 is 16.6 Å². The van der Waals surface area contributed by atoms with E-state index in [1.807, 2.05) is 19.1 Å². The Labute approximate surface area is 114 Å². The first-order valence-electron chi connectivity index (χ1n) is 5.74. The molecule has 0 saturated heterocycles. The van der Waals surface area contributed by atoms with Crippen molar-refractivity contribution in [2.75, 3.05) is 10.7 Å². The maximum Gasteiger partial charge on any atom is 0.329 e. The number of nitrogen functional groups attached to an aromatic ring is 1. The Morgan fingerprint density at radius 3 is 2.90 bits per heavy atom. The van der Waals surface area contributed by atoms with Gasteiger partial charge >= 0.3 is 5.69 Å². The lowest BCUT2D eigenvalue weighted by atomic mass is 10.2. The van der Waals surface area contributed by atoms with Crippen LogP contribution in [0.1, 0.15) is 11.3 Å². The molecule has 0 fully saturated rings. The van der Waals surface area contributed by atoms with E-state index in [9.17, 15) is 10.1 Å². The third-order valence-electron chi connectivity index (χ3n) is 2.64. The summed E-state index contributed by atoms with van der Waals surface area (Å²) in [5.74, 6) is 5.37. The number of nitrogens with one attached hydrogen (secondary N) is 2. The molecule has 0 radical (unpaired) electrons. The Hall–Kier alpha value is -2.81. The predicted octanol–water partition coefficient (Wildman–Crippen LogP) is 0.986. The third kappa shape index (κ3) is 2.95. The van der Waals surface area contributed by atoms with Crippen LogP contribution in [0, 0.1) is 17.0 Å². The Morgan fingerprint density at radius 1 is 1.45 bits per heavy atom. The molecule has 0 amide bonds. The molecule has 0 bridgehead atoms. The molecule has 0 aliphatic carbocycles. The van der Waals surface area contributed by atoms with E-state index in [0.29, 0.717) is 6.54 Å². The molecule has 2 rings (SSSR count). The zero-order chi connectivity index (χ0) is 14.5. The van der Waals surface area contributed by atoms with Crippen LogP contribution in [0.25, 0.3) is 0 Å². The van der Waals surface area contributed by atoms with Crippen LogP contribution in [0.2, 0.25) is 0 Å². The Morgan fingerprint density at radius 2 is 2.25 bits per heavy atom. The number of nitrogens with zero attached hydrogens (tertiary/aromatic N) is 4. The number of hydrogen-bond donors (Lipinski definition) is 3. The lowest BCUT2D eigenvalue weighted by Crippen LogP contribution is -2.13. The maximum absolute atomic E-state index is 10.9. The number of anilines is 2. The number of rotatable bonds is 5. The third-order valence-corrected chi connectivity index (χ3v) is 2.64. The number of nitrogens with two attached hydrogens (primary N) is 1. The van der Waals surface area contributed by atoms with Gasteiger partial charge in [0.2, 0.25) is 11.8 Å². The molecular weight excluding hydrogens is 262 g/mol. The van der Waals surface area contributed by atoms with Gasteiger partial charge < -0.3 is 5.32 Å². The van der Waals surface area contributed by atoms with Crippen molar-refractivity contribution in [1.29, 1.82) is 0 Å². The first-order chi connectivity index (χ1) is 9.61. The number of aryl methyl sites for hydroxylation is 1. The van der Waals surface area contributed by atoms with Gasteiger partial charge in [0.25, 0.3) is 0 Å². The van der Waals surface area contributed by atoms with Crippen molar-refractivity contribution in [3.8, 4) is 0 Å². The summed E-state index contributed by atoms with van der Waals surface area (Å²) in [5.41, 5.74) is 3.78. The van der Waals surface area contributed by atoms with Crippen molar-refractivity contribution in [3.63, 3.8) is 0 Å². The van der Waals surface area contributed by atoms with E-state index in [1.54, 1.807) is 6.20 Å². The zero-order valence-corrected chi connectivity index (χ0v) is 10.7. The number of aromatic nitrogens is 3. The van der Waals surface area contributed by atoms with E-state index in [0.717, 1.165) is 17.5 Å². The van der Waals surface area contributed by atoms with Gasteiger partial charge in [-0.15, -0.1) is 0 Å². The second kappa shape index (κ2) is 5.89. The largest absolute Gasteiger partial charge is 0.359 e. The first-order valence-corrected chi connectivity index (χ1v) is 5.74. The highest BCUT2D eigenvalue weighted by molar-refractivity contribution is 5.56. The molecule has 9 heteroatoms. The lowest BCUT2D eigenvalue weighted by molar-refractivity contribution is -0.384. The van der Waals surface area contributed by atoms with E-state index in [4.69, 9.17) is 5.84 Å². The van der Waals surface area contributed by atoms with Crippen LogP contribution in [0.4, 0.5) is 17.5 Å². The summed E-state index contributed by atoms with van der Waals surface area (Å²) in [6.45, 7) is 2.22. The second-order valence-electron chi connectivity index (χ2n) is 3.95. The normalized spacial score (nSPS) is 10.1. The summed E-state index contributed by atoms with van der Waals surface area (Å²) in [7, 11) is 0. The van der Waals surface area contributed by atoms with E-state index < -0.39 is 4.92 Å². The van der Waals surface area contributed by atoms with E-state index in [1.165, 1.54) is 0 Å². The summed E-state index contributed by atoms with van der Waals surface area (Å²) >= 11 is 0. The molecule has 2 aromatic rings. The van der Waals surface area contributed by atoms with Crippen molar-refractivity contribution in [1.82, 2.24) is 15.0 Å². The van der Waals surface area contributed by atoms with Crippen LogP contribution in [0.15, 0.2) is 24.5 Å². The van der Waals surface area contributed by atoms with Gasteiger partial charge in [-0.3, -0.25) is 20.5 Å². The molecule has 0 saturated carbocycles. The minimum atomic E-state index is -0.562. The fraction of sp³-hybridized carbons (Fsp3) is 0.182. The van der Waals surface area contributed by atoms with Crippen LogP contribution in [-0.2, 0) is 6.54 Å². The maximum atomic E-state index is 10.9. The molecule has 0 spiro atoms. The summed E-state index contributed by atoms with van der Waals surface area (Å²) < 4.78 is 0. The predicted molar refractivity (Wildman–Crippen MR) is 72.8 cm³/mol. The van der Waals surface area contributed by atoms with Gasteiger partial charge in [-0.1, -0.05) is 6.07 Å². The second-order valence-corrected chi connectivity index (χ2v) is 3.95. The number of pyridine rings is 1. The monoisotopic (exact) mass is 275 g/mol. The Balaban J connectivity index is 2.24. The molecule has 0 unspecified atom stereocenters. The van der Waals surface area contributed by atoms with Crippen molar-refractivity contribution in [2.24, 2.45) is 5.84 Å². The number of hydrazine groups is 1. The van der Waals surface area contributed by atoms with E-state index in [2.05, 4.69) is 25.7 Å². The van der Waals surface area contributed by atoms with Gasteiger partial charge in [0.1, 0.15) is 6.20 Å². The topological polar surface area (TPSA) is 132 Å². The Kier molecular flexibility index (Phi) is 4.01. The van der Waals surface area contributed by atoms with Crippen LogP contribution in [-0.4, -0.2) is 19.9 Å². The van der Waals surface area contributed by atoms with Gasteiger partial charge in [-0.05, 0) is 18.6 Å². The summed E-state index contributed by atoms with van der Waals surface area (Å²) in [6.07, 6.45) is 2.75. The van der Waals surface area contributed by atoms with Crippen LogP contribution in [0.5, 0.6) is 0 Å². The van der Waals surface area contributed by atoms with Crippen molar-refractivity contribution >= 4 is 17.5 Å². The SMILES string of the molecule is Cc1cccnc1CNc1nc(NN)ncc1[N+](=O)[O-]. The molecule has 0 atom stereocenters. The van der Waals surface area contributed by atoms with E-state index >= 15 is 0 Å². The molecule has 0 aliphatic heterocycles. The lowest BCUT2D eigenvalue weighted by Gasteiger charge is -2.08. The summed E-state index contributed by atoms with van der Waals surface area (Å²) in [5, 5.41) is 13.8. The highest BCUT2D eigenvalue weighted by Crippen LogP contribution is 2.22. The molecule has 2 heterocycles. The standard InChI is InChI=1S/C11H13N7O2/c1-7-3-2-4-13-8(7)5-14-10-9(18(19)20)6-15-11(16-10)17-12/h2-4,6H,5,12H2,1H3,(H2,14,15,16,17). The minimum absolute atomic E-state index is 0.0861. The van der Waals surface area contributed by atoms with Gasteiger partial charge in [0, 0.05) is 6.20 Å². The highest BCUT2D eigenvalue weighted by atomic mass is 16.6. The molecule has 4 N–H and O–H groups in total. The minimum Gasteiger partial charge on any atom is -0.359 e. The first kappa shape index (κ1) is 13.6. The molecule has 2 aromatic heterocycles. The van der Waals surface area contributed by atoms with Gasteiger partial charge in [-0.25, -0.2) is 10.8 Å². The van der Waals surface area contributed by atoms with E-state index in [-0.39, 0.29) is 17.5 Å². The van der Waals surface area contributed by atoms with Crippen LogP contribution in [0.3, 0.4) is 0 Å². The molecule has 20 heavy (non-hydrogen) atoms. The average molecular weight is 275 g/mol. The Bertz CT molecular complexity index is 632. The number of nitro groups is 1. The smallest absolute Gasteiger partial charge is 0.329 e. The van der Waals surface area contributed by atoms with Crippen molar-refractivity contribution in [3.05, 3.63) is 45.9 Å².